The molecule has 1 aliphatic carbocycles. The molecule has 1 aliphatic rings. The van der Waals surface area contributed by atoms with Crippen LogP contribution in [0, 0.1) is 17.1 Å². The third kappa shape index (κ3) is 2.54. The number of pyridine rings is 1. The predicted molar refractivity (Wildman–Crippen MR) is 98.2 cm³/mol. The van der Waals surface area contributed by atoms with Crippen LogP contribution in [-0.4, -0.2) is 22.2 Å². The van der Waals surface area contributed by atoms with Crippen molar-refractivity contribution >= 4 is 16.5 Å². The van der Waals surface area contributed by atoms with Crippen LogP contribution in [0.3, 0.4) is 0 Å². The second kappa shape index (κ2) is 6.46. The number of benzene rings is 1. The van der Waals surface area contributed by atoms with Crippen molar-refractivity contribution in [2.24, 2.45) is 0 Å². The quantitative estimate of drug-likeness (QED) is 0.696. The fourth-order valence-electron chi connectivity index (χ4n) is 3.38. The molecule has 2 aromatic heterocycles. The molecule has 3 aromatic rings. The second-order valence-electron chi connectivity index (χ2n) is 6.33. The Morgan fingerprint density at radius 3 is 2.69 bits per heavy atom. The Kier molecular flexibility index (Phi) is 4.13. The van der Waals surface area contributed by atoms with Crippen molar-refractivity contribution < 1.29 is 4.39 Å². The highest BCUT2D eigenvalue weighted by molar-refractivity contribution is 7.18. The van der Waals surface area contributed by atoms with E-state index in [-0.39, 0.29) is 5.82 Å². The molecule has 0 spiro atoms. The molecule has 4 rings (SSSR count). The zero-order valence-corrected chi connectivity index (χ0v) is 15.0. The third-order valence-electron chi connectivity index (χ3n) is 5.00. The lowest BCUT2D eigenvalue weighted by Gasteiger charge is -2.47. The maximum atomic E-state index is 14.4. The van der Waals surface area contributed by atoms with Gasteiger partial charge in [-0.1, -0.05) is 29.5 Å². The smallest absolute Gasteiger partial charge is 0.209 e. The molecule has 130 valence electrons. The third-order valence-corrected chi connectivity index (χ3v) is 6.03. The van der Waals surface area contributed by atoms with Crippen LogP contribution >= 0.6 is 11.3 Å². The van der Waals surface area contributed by atoms with Crippen LogP contribution in [0.4, 0.5) is 9.52 Å². The first-order valence-corrected chi connectivity index (χ1v) is 9.15. The highest BCUT2D eigenvalue weighted by atomic mass is 32.1. The van der Waals surface area contributed by atoms with E-state index in [1.165, 1.54) is 17.4 Å². The number of rotatable bonds is 4. The minimum Gasteiger partial charge on any atom is -0.338 e. The molecular weight excluding hydrogens is 349 g/mol. The van der Waals surface area contributed by atoms with Gasteiger partial charge in [-0.05, 0) is 37.5 Å². The summed E-state index contributed by atoms with van der Waals surface area (Å²) in [5.41, 5.74) is 1.30. The highest BCUT2D eigenvalue weighted by Gasteiger charge is 2.46. The van der Waals surface area contributed by atoms with Gasteiger partial charge in [0.05, 0.1) is 17.2 Å². The topological polar surface area (TPSA) is 65.7 Å². The first-order chi connectivity index (χ1) is 12.7. The van der Waals surface area contributed by atoms with E-state index in [1.54, 1.807) is 18.3 Å². The number of hydrogen-bond acceptors (Lipinski definition) is 6. The zero-order chi connectivity index (χ0) is 18.1. The summed E-state index contributed by atoms with van der Waals surface area (Å²) in [7, 11) is 1.91. The molecule has 0 N–H and O–H groups in total. The van der Waals surface area contributed by atoms with Crippen molar-refractivity contribution in [3.8, 4) is 16.6 Å². The Hall–Kier alpha value is -2.85. The Morgan fingerprint density at radius 1 is 1.19 bits per heavy atom. The van der Waals surface area contributed by atoms with Crippen molar-refractivity contribution in [3.63, 3.8) is 0 Å². The van der Waals surface area contributed by atoms with Gasteiger partial charge in [0.15, 0.2) is 5.01 Å². The van der Waals surface area contributed by atoms with Gasteiger partial charge in [-0.3, -0.25) is 4.98 Å². The summed E-state index contributed by atoms with van der Waals surface area (Å²) in [6.45, 7) is 0. The van der Waals surface area contributed by atoms with Gasteiger partial charge < -0.3 is 4.90 Å². The van der Waals surface area contributed by atoms with E-state index in [2.05, 4.69) is 21.3 Å². The fraction of sp³-hybridized carbons (Fsp3) is 0.263. The number of nitrogens with zero attached hydrogens (tertiary/aromatic N) is 5. The molecule has 0 unspecified atom stereocenters. The van der Waals surface area contributed by atoms with Gasteiger partial charge in [0.2, 0.25) is 5.13 Å². The van der Waals surface area contributed by atoms with Crippen molar-refractivity contribution in [2.45, 2.75) is 24.8 Å². The van der Waals surface area contributed by atoms with Gasteiger partial charge >= 0.3 is 0 Å². The van der Waals surface area contributed by atoms with Crippen LogP contribution in [0.2, 0.25) is 0 Å². The summed E-state index contributed by atoms with van der Waals surface area (Å²) >= 11 is 1.40. The Morgan fingerprint density at radius 2 is 2.00 bits per heavy atom. The van der Waals surface area contributed by atoms with Crippen LogP contribution in [0.5, 0.6) is 0 Å². The van der Waals surface area contributed by atoms with Crippen molar-refractivity contribution in [1.82, 2.24) is 15.2 Å². The summed E-state index contributed by atoms with van der Waals surface area (Å²) in [5, 5.41) is 19.2. The van der Waals surface area contributed by atoms with Crippen molar-refractivity contribution in [2.75, 3.05) is 11.9 Å². The number of aromatic nitrogens is 3. The molecule has 2 heterocycles. The van der Waals surface area contributed by atoms with Gasteiger partial charge in [0, 0.05) is 18.8 Å². The Bertz CT molecular complexity index is 989. The van der Waals surface area contributed by atoms with E-state index >= 15 is 0 Å². The molecule has 1 saturated carbocycles. The number of halogens is 1. The molecule has 0 aliphatic heterocycles. The van der Waals surface area contributed by atoms with Gasteiger partial charge in [-0.15, -0.1) is 10.2 Å². The molecule has 1 fully saturated rings. The lowest BCUT2D eigenvalue weighted by atomic mass is 9.73. The lowest BCUT2D eigenvalue weighted by molar-refractivity contribution is 0.225. The van der Waals surface area contributed by atoms with E-state index in [0.29, 0.717) is 21.4 Å². The van der Waals surface area contributed by atoms with E-state index < -0.39 is 5.54 Å². The van der Waals surface area contributed by atoms with E-state index in [1.807, 2.05) is 30.1 Å². The van der Waals surface area contributed by atoms with Gasteiger partial charge in [-0.25, -0.2) is 4.39 Å². The van der Waals surface area contributed by atoms with Crippen LogP contribution < -0.4 is 4.90 Å². The summed E-state index contributed by atoms with van der Waals surface area (Å²) in [6, 6.07) is 12.6. The first kappa shape index (κ1) is 16.6. The summed E-state index contributed by atoms with van der Waals surface area (Å²) in [6.07, 6.45) is 4.28. The Balaban J connectivity index is 1.71. The normalized spacial score (nSPS) is 15.1. The fourth-order valence-corrected chi connectivity index (χ4v) is 4.32. The molecule has 0 radical (unpaired) electrons. The highest BCUT2D eigenvalue weighted by Crippen LogP contribution is 2.48. The van der Waals surface area contributed by atoms with Crippen molar-refractivity contribution in [1.29, 1.82) is 5.26 Å². The summed E-state index contributed by atoms with van der Waals surface area (Å²) in [5.74, 6) is -0.293. The molecule has 7 heteroatoms. The summed E-state index contributed by atoms with van der Waals surface area (Å²) in [4.78, 5) is 6.29. The SMILES string of the molecule is CN(c1nnc(-c2ccccc2C#N)s1)C1(c2ncccc2F)CCC1. The van der Waals surface area contributed by atoms with E-state index in [9.17, 15) is 9.65 Å². The molecular formula is C19H16FN5S. The maximum absolute atomic E-state index is 14.4. The second-order valence-corrected chi connectivity index (χ2v) is 7.28. The van der Waals surface area contributed by atoms with Crippen molar-refractivity contribution in [3.05, 3.63) is 59.7 Å². The minimum absolute atomic E-state index is 0.293. The predicted octanol–water partition coefficient (Wildman–Crippen LogP) is 4.13. The lowest BCUT2D eigenvalue weighted by Crippen LogP contribution is -2.50. The van der Waals surface area contributed by atoms with E-state index in [0.717, 1.165) is 24.8 Å². The number of anilines is 1. The molecule has 26 heavy (non-hydrogen) atoms. The van der Waals surface area contributed by atoms with Gasteiger partial charge in [0.1, 0.15) is 11.5 Å². The van der Waals surface area contributed by atoms with Gasteiger partial charge in [0.25, 0.3) is 0 Å². The summed E-state index contributed by atoms with van der Waals surface area (Å²) < 4.78 is 14.4. The molecule has 5 nitrogen and oxygen atoms in total. The van der Waals surface area contributed by atoms with E-state index in [4.69, 9.17) is 0 Å². The molecule has 0 bridgehead atoms. The molecule has 0 atom stereocenters. The maximum Gasteiger partial charge on any atom is 0.209 e. The standard InChI is InChI=1S/C19H16FN5S/c1-25(19(9-5-10-19)16-15(20)8-4-11-22-16)18-24-23-17(26-18)14-7-3-2-6-13(14)12-21/h2-4,6-8,11H,5,9-10H2,1H3. The molecule has 1 aromatic carbocycles. The number of nitriles is 1. The van der Waals surface area contributed by atoms with Gasteiger partial charge in [-0.2, -0.15) is 5.26 Å². The first-order valence-electron chi connectivity index (χ1n) is 8.33. The van der Waals surface area contributed by atoms with Crippen LogP contribution in [-0.2, 0) is 5.54 Å². The van der Waals surface area contributed by atoms with Crippen LogP contribution in [0.15, 0.2) is 42.6 Å². The van der Waals surface area contributed by atoms with Crippen LogP contribution in [0.1, 0.15) is 30.5 Å². The molecule has 0 amide bonds. The average Bonchev–Trinajstić information content (AvgIpc) is 3.12. The molecule has 0 saturated heterocycles. The van der Waals surface area contributed by atoms with Crippen LogP contribution in [0.25, 0.3) is 10.6 Å². The Labute approximate surface area is 154 Å². The minimum atomic E-state index is -0.489. The monoisotopic (exact) mass is 365 g/mol. The largest absolute Gasteiger partial charge is 0.338 e. The zero-order valence-electron chi connectivity index (χ0n) is 14.2. The average molecular weight is 365 g/mol. The number of hydrogen-bond donors (Lipinski definition) is 0.